The number of hydrogen-bond acceptors (Lipinski definition) is 5. The van der Waals surface area contributed by atoms with Gasteiger partial charge in [-0.05, 0) is 62.1 Å². The first-order chi connectivity index (χ1) is 17.9. The molecule has 0 saturated heterocycles. The smallest absolute Gasteiger partial charge is 0.244 e. The molecule has 8 nitrogen and oxygen atoms in total. The van der Waals surface area contributed by atoms with Gasteiger partial charge in [0.05, 0.1) is 24.5 Å². The van der Waals surface area contributed by atoms with Crippen molar-refractivity contribution in [2.75, 3.05) is 25.0 Å². The summed E-state index contributed by atoms with van der Waals surface area (Å²) in [4.78, 5) is 27.9. The maximum atomic E-state index is 13.2. The van der Waals surface area contributed by atoms with Gasteiger partial charge in [-0.1, -0.05) is 36.6 Å². The molecule has 2 heterocycles. The van der Waals surface area contributed by atoms with Crippen molar-refractivity contribution in [3.8, 4) is 17.2 Å². The number of aromatic nitrogens is 2. The van der Waals surface area contributed by atoms with E-state index in [0.717, 1.165) is 36.9 Å². The fourth-order valence-corrected chi connectivity index (χ4v) is 4.52. The lowest BCUT2D eigenvalue weighted by molar-refractivity contribution is -0.134. The van der Waals surface area contributed by atoms with Crippen molar-refractivity contribution in [2.24, 2.45) is 7.05 Å². The third kappa shape index (κ3) is 7.49. The number of rotatable bonds is 3. The molecule has 9 heteroatoms. The third-order valence-corrected chi connectivity index (χ3v) is 6.51. The number of hydrogen-bond donors (Lipinski definition) is 1. The first kappa shape index (κ1) is 26.5. The summed E-state index contributed by atoms with van der Waals surface area (Å²) in [5, 5.41) is 7.70. The minimum absolute atomic E-state index is 0.0451. The van der Waals surface area contributed by atoms with Gasteiger partial charge in [0, 0.05) is 31.2 Å². The number of halogens is 1. The summed E-state index contributed by atoms with van der Waals surface area (Å²) in [6.07, 6.45) is 6.43. The number of aryl methyl sites for hydroxylation is 3. The highest BCUT2D eigenvalue weighted by Crippen LogP contribution is 2.36. The molecule has 3 aromatic rings. The van der Waals surface area contributed by atoms with Gasteiger partial charge >= 0.3 is 0 Å². The van der Waals surface area contributed by atoms with Gasteiger partial charge in [-0.15, -0.1) is 0 Å². The second-order valence-corrected chi connectivity index (χ2v) is 9.67. The van der Waals surface area contributed by atoms with Crippen LogP contribution < -0.4 is 14.8 Å². The highest BCUT2D eigenvalue weighted by molar-refractivity contribution is 6.31. The lowest BCUT2D eigenvalue weighted by Gasteiger charge is -2.23. The Bertz CT molecular complexity index is 1240. The van der Waals surface area contributed by atoms with Crippen molar-refractivity contribution in [1.82, 2.24) is 14.7 Å². The monoisotopic (exact) mass is 524 g/mol. The quantitative estimate of drug-likeness (QED) is 0.487. The van der Waals surface area contributed by atoms with E-state index in [1.807, 2.05) is 44.4 Å². The van der Waals surface area contributed by atoms with Crippen molar-refractivity contribution >= 4 is 29.1 Å². The second kappa shape index (κ2) is 12.6. The molecule has 1 aliphatic heterocycles. The standard InChI is InChI=1S/C28H33ClN4O4/c1-20-21(18-32(2)31-20)11-14-28(35)33-15-7-3-4-8-16-36-25-9-5-6-10-26(25)37-24-13-12-22(29)17-23(24)30-27(34)19-33/h5-6,9-10,12-13,17-18H,3-4,7-8,11,14-16,19H2,1-2H3,(H,30,34). The average Bonchev–Trinajstić information content (AvgIpc) is 3.19. The molecule has 0 spiro atoms. The number of fused-ring (bicyclic) bond motifs is 2. The molecule has 0 saturated carbocycles. The number of benzene rings is 2. The molecule has 1 aliphatic rings. The predicted octanol–water partition coefficient (Wildman–Crippen LogP) is 5.53. The SMILES string of the molecule is Cc1nn(C)cc1CCC(=O)N1CCCCCCOc2ccccc2Oc2ccc(Cl)cc2NC(=O)C1. The Balaban J connectivity index is 1.52. The molecule has 1 aromatic heterocycles. The van der Waals surface area contributed by atoms with Crippen LogP contribution in [0.5, 0.6) is 17.2 Å². The average molecular weight is 525 g/mol. The Hall–Kier alpha value is -3.52. The first-order valence-electron chi connectivity index (χ1n) is 12.6. The largest absolute Gasteiger partial charge is 0.490 e. The van der Waals surface area contributed by atoms with E-state index >= 15 is 0 Å². The van der Waals surface area contributed by atoms with E-state index in [1.165, 1.54) is 0 Å². The molecule has 0 bridgehead atoms. The van der Waals surface area contributed by atoms with Crippen LogP contribution in [0.25, 0.3) is 0 Å². The molecule has 0 aliphatic carbocycles. The Morgan fingerprint density at radius 2 is 1.86 bits per heavy atom. The molecule has 1 N–H and O–H groups in total. The van der Waals surface area contributed by atoms with Crippen LogP contribution in [0, 0.1) is 6.92 Å². The number of amides is 2. The van der Waals surface area contributed by atoms with Crippen LogP contribution >= 0.6 is 11.6 Å². The molecular weight excluding hydrogens is 492 g/mol. The summed E-state index contributed by atoms with van der Waals surface area (Å²) < 4.78 is 13.9. The first-order valence-corrected chi connectivity index (χ1v) is 13.0. The Morgan fingerprint density at radius 1 is 1.08 bits per heavy atom. The normalized spacial score (nSPS) is 15.1. The minimum Gasteiger partial charge on any atom is -0.490 e. The van der Waals surface area contributed by atoms with E-state index in [9.17, 15) is 9.59 Å². The maximum absolute atomic E-state index is 13.2. The van der Waals surface area contributed by atoms with Crippen LogP contribution in [0.1, 0.15) is 43.4 Å². The van der Waals surface area contributed by atoms with E-state index in [1.54, 1.807) is 27.8 Å². The Kier molecular flexibility index (Phi) is 9.06. The molecule has 0 atom stereocenters. The fourth-order valence-electron chi connectivity index (χ4n) is 4.35. The summed E-state index contributed by atoms with van der Waals surface area (Å²) in [6.45, 7) is 2.97. The van der Waals surface area contributed by atoms with Crippen molar-refractivity contribution in [3.05, 3.63) is 64.9 Å². The molecular formula is C28H33ClN4O4. The second-order valence-electron chi connectivity index (χ2n) is 9.23. The van der Waals surface area contributed by atoms with Gasteiger partial charge in [-0.25, -0.2) is 0 Å². The zero-order valence-corrected chi connectivity index (χ0v) is 22.1. The van der Waals surface area contributed by atoms with E-state index in [4.69, 9.17) is 21.1 Å². The molecule has 4 rings (SSSR count). The van der Waals surface area contributed by atoms with Gasteiger partial charge in [-0.2, -0.15) is 5.10 Å². The maximum Gasteiger partial charge on any atom is 0.244 e. The van der Waals surface area contributed by atoms with Crippen molar-refractivity contribution in [1.29, 1.82) is 0 Å². The van der Waals surface area contributed by atoms with Crippen molar-refractivity contribution < 1.29 is 19.1 Å². The predicted molar refractivity (Wildman–Crippen MR) is 143 cm³/mol. The molecule has 0 radical (unpaired) electrons. The van der Waals surface area contributed by atoms with Crippen LogP contribution in [0.2, 0.25) is 5.02 Å². The van der Waals surface area contributed by atoms with Crippen LogP contribution in [0.4, 0.5) is 5.69 Å². The Labute approximate surface area is 222 Å². The van der Waals surface area contributed by atoms with E-state index in [2.05, 4.69) is 10.4 Å². The number of carbonyl (C=O) groups is 2. The summed E-state index contributed by atoms with van der Waals surface area (Å²) in [6, 6.07) is 12.5. The zero-order valence-electron chi connectivity index (χ0n) is 21.3. The molecule has 196 valence electrons. The summed E-state index contributed by atoms with van der Waals surface area (Å²) >= 11 is 6.23. The van der Waals surface area contributed by atoms with Crippen molar-refractivity contribution in [3.63, 3.8) is 0 Å². The number of ether oxygens (including phenoxy) is 2. The highest BCUT2D eigenvalue weighted by Gasteiger charge is 2.20. The number of nitrogens with one attached hydrogen (secondary N) is 1. The molecule has 0 fully saturated rings. The number of anilines is 1. The summed E-state index contributed by atoms with van der Waals surface area (Å²) in [5.74, 6) is 1.26. The molecule has 2 amide bonds. The number of carbonyl (C=O) groups excluding carboxylic acids is 2. The van der Waals surface area contributed by atoms with Gasteiger partial charge in [-0.3, -0.25) is 14.3 Å². The van der Waals surface area contributed by atoms with Gasteiger partial charge in [0.1, 0.15) is 0 Å². The van der Waals surface area contributed by atoms with E-state index in [0.29, 0.717) is 54.0 Å². The number of nitrogens with zero attached hydrogens (tertiary/aromatic N) is 3. The third-order valence-electron chi connectivity index (χ3n) is 6.28. The summed E-state index contributed by atoms with van der Waals surface area (Å²) in [7, 11) is 1.87. The zero-order chi connectivity index (χ0) is 26.2. The lowest BCUT2D eigenvalue weighted by atomic mass is 10.1. The van der Waals surface area contributed by atoms with E-state index < -0.39 is 0 Å². The fraction of sp³-hybridized carbons (Fsp3) is 0.393. The lowest BCUT2D eigenvalue weighted by Crippen LogP contribution is -2.39. The van der Waals surface area contributed by atoms with Gasteiger partial charge in [0.2, 0.25) is 11.8 Å². The van der Waals surface area contributed by atoms with Crippen molar-refractivity contribution in [2.45, 2.75) is 45.4 Å². The van der Waals surface area contributed by atoms with Gasteiger partial charge < -0.3 is 19.7 Å². The summed E-state index contributed by atoms with van der Waals surface area (Å²) in [5.41, 5.74) is 2.38. The topological polar surface area (TPSA) is 85.7 Å². The molecule has 2 aromatic carbocycles. The van der Waals surface area contributed by atoms with Crippen LogP contribution in [-0.4, -0.2) is 46.2 Å². The van der Waals surface area contributed by atoms with Crippen LogP contribution in [-0.2, 0) is 23.1 Å². The molecule has 0 unspecified atom stereocenters. The Morgan fingerprint density at radius 3 is 2.65 bits per heavy atom. The number of para-hydroxylation sites is 2. The minimum atomic E-state index is -0.311. The van der Waals surface area contributed by atoms with Gasteiger partial charge in [0.15, 0.2) is 17.2 Å². The van der Waals surface area contributed by atoms with Crippen LogP contribution in [0.15, 0.2) is 48.7 Å². The van der Waals surface area contributed by atoms with E-state index in [-0.39, 0.29) is 18.4 Å². The van der Waals surface area contributed by atoms with Crippen LogP contribution in [0.3, 0.4) is 0 Å². The molecule has 37 heavy (non-hydrogen) atoms. The van der Waals surface area contributed by atoms with Gasteiger partial charge in [0.25, 0.3) is 0 Å². The highest BCUT2D eigenvalue weighted by atomic mass is 35.5.